The summed E-state index contributed by atoms with van der Waals surface area (Å²) in [5.74, 6) is 0.617. The van der Waals surface area contributed by atoms with Crippen molar-refractivity contribution in [1.29, 1.82) is 0 Å². The van der Waals surface area contributed by atoms with Crippen molar-refractivity contribution in [1.82, 2.24) is 4.98 Å². The molecule has 0 radical (unpaired) electrons. The highest BCUT2D eigenvalue weighted by Gasteiger charge is 2.06. The second-order valence-electron chi connectivity index (χ2n) is 3.16. The van der Waals surface area contributed by atoms with Gasteiger partial charge < -0.3 is 9.52 Å². The average molecular weight is 268 g/mol. The Morgan fingerprint density at radius 3 is 2.80 bits per heavy atom. The SMILES string of the molecule is OCc1coc(Cc2ccccc2Br)n1. The Balaban J connectivity index is 2.18. The summed E-state index contributed by atoms with van der Waals surface area (Å²) in [4.78, 5) is 4.13. The van der Waals surface area contributed by atoms with E-state index in [1.807, 2.05) is 24.3 Å². The standard InChI is InChI=1S/C11H10BrNO2/c12-10-4-2-1-3-8(10)5-11-13-9(6-14)7-15-11/h1-4,7,14H,5-6H2. The summed E-state index contributed by atoms with van der Waals surface area (Å²) in [7, 11) is 0. The Morgan fingerprint density at radius 2 is 2.13 bits per heavy atom. The molecule has 0 amide bonds. The van der Waals surface area contributed by atoms with E-state index >= 15 is 0 Å². The molecule has 0 atom stereocenters. The maximum atomic E-state index is 8.84. The van der Waals surface area contributed by atoms with E-state index < -0.39 is 0 Å². The molecule has 1 aromatic carbocycles. The van der Waals surface area contributed by atoms with Crippen LogP contribution in [0.5, 0.6) is 0 Å². The predicted molar refractivity (Wildman–Crippen MR) is 59.4 cm³/mol. The van der Waals surface area contributed by atoms with Gasteiger partial charge in [-0.15, -0.1) is 0 Å². The van der Waals surface area contributed by atoms with Gasteiger partial charge in [-0.25, -0.2) is 4.98 Å². The highest BCUT2D eigenvalue weighted by Crippen LogP contribution is 2.19. The van der Waals surface area contributed by atoms with Gasteiger partial charge in [-0.3, -0.25) is 0 Å². The number of hydrogen-bond acceptors (Lipinski definition) is 3. The first-order chi connectivity index (χ1) is 7.29. The number of aliphatic hydroxyl groups is 1. The van der Waals surface area contributed by atoms with Crippen molar-refractivity contribution < 1.29 is 9.52 Å². The van der Waals surface area contributed by atoms with Gasteiger partial charge in [0.15, 0.2) is 5.89 Å². The Morgan fingerprint density at radius 1 is 1.33 bits per heavy atom. The van der Waals surface area contributed by atoms with Crippen LogP contribution < -0.4 is 0 Å². The number of aliphatic hydroxyl groups excluding tert-OH is 1. The van der Waals surface area contributed by atoms with Crippen LogP contribution in [-0.4, -0.2) is 10.1 Å². The van der Waals surface area contributed by atoms with Crippen molar-refractivity contribution in [3.63, 3.8) is 0 Å². The van der Waals surface area contributed by atoms with Crippen LogP contribution in [0.15, 0.2) is 39.4 Å². The van der Waals surface area contributed by atoms with Crippen LogP contribution in [0.1, 0.15) is 17.1 Å². The first kappa shape index (κ1) is 10.4. The quantitative estimate of drug-likeness (QED) is 0.930. The summed E-state index contributed by atoms with van der Waals surface area (Å²) in [6.45, 7) is -0.0839. The zero-order valence-electron chi connectivity index (χ0n) is 7.98. The molecule has 0 aliphatic heterocycles. The molecule has 15 heavy (non-hydrogen) atoms. The first-order valence-electron chi connectivity index (χ1n) is 4.57. The predicted octanol–water partition coefficient (Wildman–Crippen LogP) is 2.52. The maximum absolute atomic E-state index is 8.84. The van der Waals surface area contributed by atoms with E-state index in [1.54, 1.807) is 0 Å². The summed E-state index contributed by atoms with van der Waals surface area (Å²) in [5, 5.41) is 8.84. The van der Waals surface area contributed by atoms with E-state index in [0.29, 0.717) is 18.0 Å². The highest BCUT2D eigenvalue weighted by molar-refractivity contribution is 9.10. The summed E-state index contributed by atoms with van der Waals surface area (Å²) >= 11 is 3.46. The Labute approximate surface area is 95.9 Å². The Hall–Kier alpha value is -1.13. The van der Waals surface area contributed by atoms with Crippen molar-refractivity contribution in [2.45, 2.75) is 13.0 Å². The van der Waals surface area contributed by atoms with Crippen molar-refractivity contribution in [3.8, 4) is 0 Å². The number of aromatic nitrogens is 1. The summed E-state index contributed by atoms with van der Waals surface area (Å²) in [5.41, 5.74) is 1.68. The largest absolute Gasteiger partial charge is 0.448 e. The molecule has 1 aromatic heterocycles. The third-order valence-corrected chi connectivity index (χ3v) is 2.83. The minimum atomic E-state index is -0.0839. The Bertz CT molecular complexity index is 453. The molecule has 3 nitrogen and oxygen atoms in total. The number of oxazole rings is 1. The zero-order valence-corrected chi connectivity index (χ0v) is 9.57. The number of nitrogens with zero attached hydrogens (tertiary/aromatic N) is 1. The van der Waals surface area contributed by atoms with Gasteiger partial charge in [-0.1, -0.05) is 34.1 Å². The molecule has 0 spiro atoms. The molecule has 4 heteroatoms. The fourth-order valence-electron chi connectivity index (χ4n) is 1.31. The summed E-state index contributed by atoms with van der Waals surface area (Å²) in [6, 6.07) is 7.91. The van der Waals surface area contributed by atoms with Crippen LogP contribution in [0, 0.1) is 0 Å². The van der Waals surface area contributed by atoms with Crippen LogP contribution in [0.3, 0.4) is 0 Å². The lowest BCUT2D eigenvalue weighted by molar-refractivity contribution is 0.276. The van der Waals surface area contributed by atoms with E-state index in [1.165, 1.54) is 6.26 Å². The summed E-state index contributed by atoms with van der Waals surface area (Å²) < 4.78 is 6.26. The molecule has 0 aliphatic rings. The van der Waals surface area contributed by atoms with Crippen molar-refractivity contribution >= 4 is 15.9 Å². The van der Waals surface area contributed by atoms with Gasteiger partial charge in [-0.2, -0.15) is 0 Å². The van der Waals surface area contributed by atoms with E-state index in [-0.39, 0.29) is 6.61 Å². The third-order valence-electron chi connectivity index (χ3n) is 2.06. The fraction of sp³-hybridized carbons (Fsp3) is 0.182. The van der Waals surface area contributed by atoms with Gasteiger partial charge in [0, 0.05) is 4.47 Å². The minimum absolute atomic E-state index is 0.0839. The third kappa shape index (κ3) is 2.46. The molecular weight excluding hydrogens is 258 g/mol. The molecule has 1 N–H and O–H groups in total. The van der Waals surface area contributed by atoms with Gasteiger partial charge in [-0.05, 0) is 11.6 Å². The normalized spacial score (nSPS) is 10.5. The van der Waals surface area contributed by atoms with Crippen molar-refractivity contribution in [3.05, 3.63) is 52.1 Å². The lowest BCUT2D eigenvalue weighted by Crippen LogP contribution is -1.90. The zero-order chi connectivity index (χ0) is 10.7. The molecule has 1 heterocycles. The van der Waals surface area contributed by atoms with Crippen LogP contribution in [0.4, 0.5) is 0 Å². The highest BCUT2D eigenvalue weighted by atomic mass is 79.9. The van der Waals surface area contributed by atoms with E-state index in [2.05, 4.69) is 20.9 Å². The van der Waals surface area contributed by atoms with Crippen molar-refractivity contribution in [2.24, 2.45) is 0 Å². The lowest BCUT2D eigenvalue weighted by Gasteiger charge is -1.99. The number of halogens is 1. The molecule has 0 fully saturated rings. The molecular formula is C11H10BrNO2. The van der Waals surface area contributed by atoms with Crippen LogP contribution in [0.2, 0.25) is 0 Å². The number of hydrogen-bond donors (Lipinski definition) is 1. The molecule has 2 aromatic rings. The summed E-state index contributed by atoms with van der Waals surface area (Å²) in [6.07, 6.45) is 2.10. The Kier molecular flexibility index (Phi) is 3.18. The molecule has 0 aliphatic carbocycles. The van der Waals surface area contributed by atoms with Gasteiger partial charge in [0.25, 0.3) is 0 Å². The maximum Gasteiger partial charge on any atom is 0.198 e. The van der Waals surface area contributed by atoms with Gasteiger partial charge in [0.1, 0.15) is 12.0 Å². The van der Waals surface area contributed by atoms with E-state index in [0.717, 1.165) is 10.0 Å². The molecule has 0 unspecified atom stereocenters. The topological polar surface area (TPSA) is 46.3 Å². The smallest absolute Gasteiger partial charge is 0.198 e. The van der Waals surface area contributed by atoms with Crippen LogP contribution in [0.25, 0.3) is 0 Å². The molecule has 0 bridgehead atoms. The second-order valence-corrected chi connectivity index (χ2v) is 4.01. The number of rotatable bonds is 3. The monoisotopic (exact) mass is 267 g/mol. The minimum Gasteiger partial charge on any atom is -0.448 e. The lowest BCUT2D eigenvalue weighted by atomic mass is 10.1. The second kappa shape index (κ2) is 4.59. The van der Waals surface area contributed by atoms with E-state index in [9.17, 15) is 0 Å². The number of benzene rings is 1. The molecule has 2 rings (SSSR count). The van der Waals surface area contributed by atoms with Gasteiger partial charge >= 0.3 is 0 Å². The molecule has 78 valence electrons. The average Bonchev–Trinajstić information content (AvgIpc) is 2.69. The van der Waals surface area contributed by atoms with Gasteiger partial charge in [0.05, 0.1) is 13.0 Å². The first-order valence-corrected chi connectivity index (χ1v) is 5.36. The van der Waals surface area contributed by atoms with Crippen LogP contribution in [-0.2, 0) is 13.0 Å². The molecule has 0 saturated carbocycles. The van der Waals surface area contributed by atoms with Gasteiger partial charge in [0.2, 0.25) is 0 Å². The van der Waals surface area contributed by atoms with Crippen molar-refractivity contribution in [2.75, 3.05) is 0 Å². The van der Waals surface area contributed by atoms with Crippen LogP contribution >= 0.6 is 15.9 Å². The van der Waals surface area contributed by atoms with E-state index in [4.69, 9.17) is 9.52 Å². The fourth-order valence-corrected chi connectivity index (χ4v) is 1.73. The molecule has 0 saturated heterocycles.